The summed E-state index contributed by atoms with van der Waals surface area (Å²) in [5, 5.41) is 2.59. The molecule has 1 aromatic heterocycles. The highest BCUT2D eigenvalue weighted by Gasteiger charge is 2.25. The highest BCUT2D eigenvalue weighted by molar-refractivity contribution is 7.89. The Hall–Kier alpha value is -2.20. The largest absolute Gasteiger partial charge is 0.481 e. The maximum absolute atomic E-state index is 12.3. The molecule has 10 heteroatoms. The average molecular weight is 386 g/mol. The van der Waals surface area contributed by atoms with Crippen LogP contribution in [-0.2, 0) is 14.9 Å². The number of pyridine rings is 1. The summed E-state index contributed by atoms with van der Waals surface area (Å²) >= 11 is 5.96. The SMILES string of the molecule is COc1ccc(NC(=O)c2ccc(Cl)c(S(=O)(=O)N(C)OC)c2)cn1. The monoisotopic (exact) mass is 385 g/mol. The smallest absolute Gasteiger partial charge is 0.266 e. The van der Waals surface area contributed by atoms with E-state index in [0.29, 0.717) is 16.0 Å². The third-order valence-electron chi connectivity index (χ3n) is 3.27. The summed E-state index contributed by atoms with van der Waals surface area (Å²) in [4.78, 5) is 20.8. The van der Waals surface area contributed by atoms with Crippen molar-refractivity contribution in [3.05, 3.63) is 47.1 Å². The summed E-state index contributed by atoms with van der Waals surface area (Å²) in [7, 11) is -0.0772. The molecule has 0 radical (unpaired) electrons. The molecule has 25 heavy (non-hydrogen) atoms. The number of hydroxylamine groups is 1. The van der Waals surface area contributed by atoms with Crippen LogP contribution in [-0.4, -0.2) is 45.0 Å². The molecule has 8 nitrogen and oxygen atoms in total. The van der Waals surface area contributed by atoms with Crippen LogP contribution in [0.25, 0.3) is 0 Å². The van der Waals surface area contributed by atoms with Crippen LogP contribution in [0.1, 0.15) is 10.4 Å². The van der Waals surface area contributed by atoms with Crippen molar-refractivity contribution < 1.29 is 22.8 Å². The molecule has 1 aromatic carbocycles. The van der Waals surface area contributed by atoms with Crippen LogP contribution in [0.4, 0.5) is 5.69 Å². The van der Waals surface area contributed by atoms with Crippen LogP contribution in [0.5, 0.6) is 5.88 Å². The zero-order valence-electron chi connectivity index (χ0n) is 13.7. The lowest BCUT2D eigenvalue weighted by atomic mass is 10.2. The second-order valence-electron chi connectivity index (χ2n) is 4.79. The lowest BCUT2D eigenvalue weighted by molar-refractivity contribution is -0.0258. The summed E-state index contributed by atoms with van der Waals surface area (Å²) in [6.07, 6.45) is 1.42. The minimum absolute atomic E-state index is 0.0217. The number of rotatable bonds is 6. The van der Waals surface area contributed by atoms with E-state index < -0.39 is 15.9 Å². The molecule has 1 heterocycles. The first-order valence-electron chi connectivity index (χ1n) is 6.93. The van der Waals surface area contributed by atoms with E-state index in [9.17, 15) is 13.2 Å². The highest BCUT2D eigenvalue weighted by Crippen LogP contribution is 2.26. The van der Waals surface area contributed by atoms with Gasteiger partial charge in [-0.25, -0.2) is 13.4 Å². The van der Waals surface area contributed by atoms with Crippen molar-refractivity contribution in [3.8, 4) is 5.88 Å². The standard InChI is InChI=1S/C15H16ClN3O5S/c1-19(24-3)25(21,22)13-8-10(4-6-12(13)16)15(20)18-11-5-7-14(23-2)17-9-11/h4-9H,1-3H3,(H,18,20). The molecule has 1 N–H and O–H groups in total. The molecular formula is C15H16ClN3O5S. The van der Waals surface area contributed by atoms with Gasteiger partial charge in [-0.2, -0.15) is 0 Å². The van der Waals surface area contributed by atoms with Gasteiger partial charge in [-0.05, 0) is 24.3 Å². The van der Waals surface area contributed by atoms with Crippen molar-refractivity contribution in [2.75, 3.05) is 26.6 Å². The van der Waals surface area contributed by atoms with Crippen LogP contribution in [0.15, 0.2) is 41.4 Å². The first-order chi connectivity index (χ1) is 11.8. The number of methoxy groups -OCH3 is 1. The van der Waals surface area contributed by atoms with E-state index in [1.165, 1.54) is 45.7 Å². The molecule has 0 fully saturated rings. The predicted octanol–water partition coefficient (Wildman–Crippen LogP) is 2.18. The number of carbonyl (C=O) groups is 1. The van der Waals surface area contributed by atoms with E-state index in [1.807, 2.05) is 0 Å². The number of carbonyl (C=O) groups excluding carboxylic acids is 1. The van der Waals surface area contributed by atoms with Gasteiger partial charge in [0.1, 0.15) is 4.90 Å². The van der Waals surface area contributed by atoms with E-state index in [1.54, 1.807) is 12.1 Å². The van der Waals surface area contributed by atoms with Crippen molar-refractivity contribution in [1.82, 2.24) is 9.45 Å². The number of aromatic nitrogens is 1. The Morgan fingerprint density at radius 3 is 2.52 bits per heavy atom. The minimum Gasteiger partial charge on any atom is -0.481 e. The van der Waals surface area contributed by atoms with Crippen LogP contribution >= 0.6 is 11.6 Å². The van der Waals surface area contributed by atoms with E-state index in [2.05, 4.69) is 10.3 Å². The van der Waals surface area contributed by atoms with Crippen molar-refractivity contribution in [2.45, 2.75) is 4.90 Å². The van der Waals surface area contributed by atoms with Crippen LogP contribution in [0.2, 0.25) is 5.02 Å². The van der Waals surface area contributed by atoms with Gasteiger partial charge >= 0.3 is 0 Å². The fraction of sp³-hybridized carbons (Fsp3) is 0.200. The minimum atomic E-state index is -3.99. The van der Waals surface area contributed by atoms with Crippen molar-refractivity contribution in [1.29, 1.82) is 0 Å². The van der Waals surface area contributed by atoms with Crippen molar-refractivity contribution >= 4 is 33.2 Å². The number of anilines is 1. The van der Waals surface area contributed by atoms with Gasteiger partial charge in [0.2, 0.25) is 5.88 Å². The molecule has 1 amide bonds. The van der Waals surface area contributed by atoms with E-state index >= 15 is 0 Å². The van der Waals surface area contributed by atoms with Gasteiger partial charge in [-0.1, -0.05) is 16.1 Å². The Kier molecular flexibility index (Phi) is 5.96. The number of nitrogens with one attached hydrogen (secondary N) is 1. The second kappa shape index (κ2) is 7.79. The van der Waals surface area contributed by atoms with Crippen molar-refractivity contribution in [2.24, 2.45) is 0 Å². The average Bonchev–Trinajstić information content (AvgIpc) is 2.61. The molecule has 0 unspecified atom stereocenters. The van der Waals surface area contributed by atoms with Gasteiger partial charge in [0.25, 0.3) is 15.9 Å². The summed E-state index contributed by atoms with van der Waals surface area (Å²) < 4.78 is 30.3. The molecular weight excluding hydrogens is 370 g/mol. The zero-order valence-corrected chi connectivity index (χ0v) is 15.3. The van der Waals surface area contributed by atoms with Gasteiger partial charge < -0.3 is 10.1 Å². The lowest BCUT2D eigenvalue weighted by Crippen LogP contribution is -2.26. The van der Waals surface area contributed by atoms with Crippen molar-refractivity contribution in [3.63, 3.8) is 0 Å². The maximum Gasteiger partial charge on any atom is 0.266 e. The van der Waals surface area contributed by atoms with E-state index in [0.717, 1.165) is 0 Å². The molecule has 2 aromatic rings. The normalized spacial score (nSPS) is 11.4. The molecule has 0 saturated carbocycles. The fourth-order valence-electron chi connectivity index (χ4n) is 1.86. The Balaban J connectivity index is 2.30. The first-order valence-corrected chi connectivity index (χ1v) is 8.75. The number of benzene rings is 1. The van der Waals surface area contributed by atoms with Gasteiger partial charge in [-0.3, -0.25) is 9.63 Å². The fourth-order valence-corrected chi connectivity index (χ4v) is 3.33. The Bertz CT molecular complexity index is 871. The zero-order chi connectivity index (χ0) is 18.6. The third-order valence-corrected chi connectivity index (χ3v) is 5.43. The molecule has 2 rings (SSSR count). The second-order valence-corrected chi connectivity index (χ2v) is 7.10. The van der Waals surface area contributed by atoms with E-state index in [-0.39, 0.29) is 15.5 Å². The van der Waals surface area contributed by atoms with Gasteiger partial charge in [0.15, 0.2) is 0 Å². The summed E-state index contributed by atoms with van der Waals surface area (Å²) in [5.74, 6) is -0.111. The van der Waals surface area contributed by atoms with Gasteiger partial charge in [-0.15, -0.1) is 0 Å². The van der Waals surface area contributed by atoms with Crippen LogP contribution in [0.3, 0.4) is 0 Å². The molecule has 0 atom stereocenters. The third kappa shape index (κ3) is 4.26. The topological polar surface area (TPSA) is 97.8 Å². The maximum atomic E-state index is 12.3. The number of amides is 1. The molecule has 0 spiro atoms. The van der Waals surface area contributed by atoms with Crippen LogP contribution in [0, 0.1) is 0 Å². The predicted molar refractivity (Wildman–Crippen MR) is 92.2 cm³/mol. The van der Waals surface area contributed by atoms with Gasteiger partial charge in [0, 0.05) is 18.7 Å². The Labute approximate surface area is 150 Å². The molecule has 0 aliphatic carbocycles. The quantitative estimate of drug-likeness (QED) is 0.765. The summed E-state index contributed by atoms with van der Waals surface area (Å²) in [6, 6.07) is 7.12. The first kappa shape index (κ1) is 19.1. The molecule has 0 bridgehead atoms. The lowest BCUT2D eigenvalue weighted by Gasteiger charge is -2.15. The number of hydrogen-bond acceptors (Lipinski definition) is 6. The highest BCUT2D eigenvalue weighted by atomic mass is 35.5. The Morgan fingerprint density at radius 2 is 1.96 bits per heavy atom. The van der Waals surface area contributed by atoms with E-state index in [4.69, 9.17) is 21.2 Å². The molecule has 134 valence electrons. The van der Waals surface area contributed by atoms with Crippen LogP contribution < -0.4 is 10.1 Å². The van der Waals surface area contributed by atoms with Gasteiger partial charge in [0.05, 0.1) is 31.1 Å². The summed E-state index contributed by atoms with van der Waals surface area (Å²) in [5.41, 5.74) is 0.544. The molecule has 0 aliphatic rings. The Morgan fingerprint density at radius 1 is 1.24 bits per heavy atom. The number of halogens is 1. The number of sulfonamides is 1. The molecule has 0 aliphatic heterocycles. The molecule has 0 saturated heterocycles. The number of hydrogen-bond donors (Lipinski definition) is 1. The number of nitrogens with zero attached hydrogens (tertiary/aromatic N) is 2. The number of ether oxygens (including phenoxy) is 1. The summed E-state index contributed by atoms with van der Waals surface area (Å²) in [6.45, 7) is 0.